The molecule has 1 aliphatic rings. The number of aromatic nitrogens is 2. The van der Waals surface area contributed by atoms with Crippen LogP contribution in [0.15, 0.2) is 41.5 Å². The van der Waals surface area contributed by atoms with Gasteiger partial charge >= 0.3 is 12.4 Å². The zero-order chi connectivity index (χ0) is 22.2. The Morgan fingerprint density at radius 2 is 1.77 bits per heavy atom. The molecule has 3 rings (SSSR count). The first-order valence-corrected chi connectivity index (χ1v) is 8.57. The first-order chi connectivity index (χ1) is 13.9. The van der Waals surface area contributed by atoms with Crippen molar-refractivity contribution >= 4 is 12.1 Å². The van der Waals surface area contributed by atoms with Crippen LogP contribution in [-0.4, -0.2) is 44.1 Å². The quantitative estimate of drug-likeness (QED) is 0.750. The van der Waals surface area contributed by atoms with Crippen molar-refractivity contribution in [1.82, 2.24) is 15.0 Å². The third-order valence-corrected chi connectivity index (χ3v) is 4.31. The molecular formula is C18H14F6N4O2. The Morgan fingerprint density at radius 3 is 2.37 bits per heavy atom. The molecule has 2 heterocycles. The number of aryl methyl sites for hydroxylation is 1. The van der Waals surface area contributed by atoms with Gasteiger partial charge in [-0.2, -0.15) is 36.5 Å². The summed E-state index contributed by atoms with van der Waals surface area (Å²) < 4.78 is 78.8. The lowest BCUT2D eigenvalue weighted by atomic mass is 10.1. The molecule has 0 saturated carbocycles. The van der Waals surface area contributed by atoms with E-state index in [0.29, 0.717) is 11.6 Å². The number of halogens is 6. The Labute approximate surface area is 165 Å². The standard InChI is InChI=1S/C18H14F6N4O2/c19-17(20,21)13-10-12(26-15(27-13)11-4-2-1-3-5-11)6-7-14(29)28-16(30,8-9-25-28)18(22,23)24/h1-5,9-10,30H,6-8H2. The molecule has 0 radical (unpaired) electrons. The molecule has 1 unspecified atom stereocenters. The van der Waals surface area contributed by atoms with Gasteiger partial charge in [-0.1, -0.05) is 30.3 Å². The highest BCUT2D eigenvalue weighted by Crippen LogP contribution is 2.39. The second-order valence-electron chi connectivity index (χ2n) is 6.45. The van der Waals surface area contributed by atoms with E-state index in [-0.39, 0.29) is 16.5 Å². The zero-order valence-corrected chi connectivity index (χ0v) is 15.1. The summed E-state index contributed by atoms with van der Waals surface area (Å²) in [5.41, 5.74) is -4.62. The number of nitrogens with zero attached hydrogens (tertiary/aromatic N) is 4. The van der Waals surface area contributed by atoms with Crippen LogP contribution in [0.25, 0.3) is 11.4 Å². The highest BCUT2D eigenvalue weighted by Gasteiger charge is 2.61. The fourth-order valence-electron chi connectivity index (χ4n) is 2.77. The Kier molecular flexibility index (Phi) is 5.54. The Hall–Kier alpha value is -3.02. The minimum Gasteiger partial charge on any atom is -0.362 e. The van der Waals surface area contributed by atoms with Gasteiger partial charge in [-0.05, 0) is 12.5 Å². The molecule has 1 aliphatic heterocycles. The molecule has 30 heavy (non-hydrogen) atoms. The average Bonchev–Trinajstić information content (AvgIpc) is 3.09. The minimum atomic E-state index is -5.15. The summed E-state index contributed by atoms with van der Waals surface area (Å²) in [6.45, 7) is 0. The van der Waals surface area contributed by atoms with Gasteiger partial charge in [0, 0.05) is 30.3 Å². The lowest BCUT2D eigenvalue weighted by Gasteiger charge is -2.32. The minimum absolute atomic E-state index is 0.100. The van der Waals surface area contributed by atoms with Crippen LogP contribution < -0.4 is 0 Å². The summed E-state index contributed by atoms with van der Waals surface area (Å²) in [5, 5.41) is 12.9. The van der Waals surface area contributed by atoms with Gasteiger partial charge in [0.15, 0.2) is 5.82 Å². The smallest absolute Gasteiger partial charge is 0.362 e. The van der Waals surface area contributed by atoms with E-state index >= 15 is 0 Å². The van der Waals surface area contributed by atoms with Crippen molar-refractivity contribution in [2.24, 2.45) is 5.10 Å². The predicted molar refractivity (Wildman–Crippen MR) is 91.8 cm³/mol. The highest BCUT2D eigenvalue weighted by atomic mass is 19.4. The van der Waals surface area contributed by atoms with Crippen LogP contribution in [0, 0.1) is 0 Å². The summed E-state index contributed by atoms with van der Waals surface area (Å²) in [7, 11) is 0. The van der Waals surface area contributed by atoms with E-state index in [2.05, 4.69) is 15.1 Å². The maximum absolute atomic E-state index is 13.2. The largest absolute Gasteiger partial charge is 0.438 e. The molecule has 1 amide bonds. The lowest BCUT2D eigenvalue weighted by molar-refractivity contribution is -0.302. The van der Waals surface area contributed by atoms with Crippen molar-refractivity contribution in [3.8, 4) is 11.4 Å². The molecule has 0 bridgehead atoms. The fourth-order valence-corrected chi connectivity index (χ4v) is 2.77. The summed E-state index contributed by atoms with van der Waals surface area (Å²) in [4.78, 5) is 19.7. The van der Waals surface area contributed by atoms with E-state index in [1.165, 1.54) is 12.1 Å². The van der Waals surface area contributed by atoms with Gasteiger partial charge in [0.1, 0.15) is 5.69 Å². The number of hydrazone groups is 1. The van der Waals surface area contributed by atoms with Crippen LogP contribution in [0.4, 0.5) is 26.3 Å². The van der Waals surface area contributed by atoms with Crippen molar-refractivity contribution in [3.05, 3.63) is 47.8 Å². The maximum atomic E-state index is 13.2. The van der Waals surface area contributed by atoms with Gasteiger partial charge in [0.2, 0.25) is 5.91 Å². The van der Waals surface area contributed by atoms with Gasteiger partial charge in [-0.15, -0.1) is 0 Å². The van der Waals surface area contributed by atoms with E-state index in [9.17, 15) is 36.2 Å². The van der Waals surface area contributed by atoms with Crippen molar-refractivity contribution in [2.45, 2.75) is 37.3 Å². The number of aliphatic hydroxyl groups is 1. The number of alkyl halides is 6. The summed E-state index contributed by atoms with van der Waals surface area (Å²) in [6.07, 6.45) is -11.2. The second-order valence-corrected chi connectivity index (χ2v) is 6.45. The van der Waals surface area contributed by atoms with Crippen LogP contribution in [-0.2, 0) is 17.4 Å². The number of rotatable bonds is 4. The molecule has 1 N–H and O–H groups in total. The molecular weight excluding hydrogens is 418 g/mol. The fraction of sp³-hybridized carbons (Fsp3) is 0.333. The van der Waals surface area contributed by atoms with Gasteiger partial charge < -0.3 is 5.11 Å². The van der Waals surface area contributed by atoms with E-state index in [1.54, 1.807) is 18.2 Å². The first kappa shape index (κ1) is 21.7. The van der Waals surface area contributed by atoms with Gasteiger partial charge in [-0.3, -0.25) is 4.79 Å². The van der Waals surface area contributed by atoms with E-state index in [0.717, 1.165) is 6.21 Å². The average molecular weight is 432 g/mol. The molecule has 12 heteroatoms. The first-order valence-electron chi connectivity index (χ1n) is 8.57. The molecule has 0 spiro atoms. The zero-order valence-electron chi connectivity index (χ0n) is 15.1. The Bertz CT molecular complexity index is 961. The second kappa shape index (κ2) is 7.67. The third-order valence-electron chi connectivity index (χ3n) is 4.31. The molecule has 1 aromatic carbocycles. The summed E-state index contributed by atoms with van der Waals surface area (Å²) in [5.74, 6) is -1.45. The predicted octanol–water partition coefficient (Wildman–Crippen LogP) is 3.56. The number of carbonyl (C=O) groups excluding carboxylic acids is 1. The molecule has 2 aromatic rings. The molecule has 160 valence electrons. The molecule has 0 saturated heterocycles. The Balaban J connectivity index is 1.84. The number of hydrogen-bond donors (Lipinski definition) is 1. The maximum Gasteiger partial charge on any atom is 0.438 e. The van der Waals surface area contributed by atoms with Crippen molar-refractivity contribution < 1.29 is 36.2 Å². The monoisotopic (exact) mass is 432 g/mol. The SMILES string of the molecule is O=C(CCc1cc(C(F)(F)F)nc(-c2ccccc2)n1)N1N=CCC1(O)C(F)(F)F. The van der Waals surface area contributed by atoms with Crippen molar-refractivity contribution in [3.63, 3.8) is 0 Å². The van der Waals surface area contributed by atoms with Crippen LogP contribution in [0.3, 0.4) is 0 Å². The molecule has 0 fully saturated rings. The number of hydrogen-bond acceptors (Lipinski definition) is 5. The number of amides is 1. The van der Waals surface area contributed by atoms with Crippen LogP contribution in [0.1, 0.15) is 24.2 Å². The summed E-state index contributed by atoms with van der Waals surface area (Å²) in [6, 6.07) is 8.41. The highest BCUT2D eigenvalue weighted by molar-refractivity contribution is 5.80. The van der Waals surface area contributed by atoms with Gasteiger partial charge in [-0.25, -0.2) is 9.97 Å². The van der Waals surface area contributed by atoms with Crippen molar-refractivity contribution in [1.29, 1.82) is 0 Å². The van der Waals surface area contributed by atoms with Crippen LogP contribution in [0.5, 0.6) is 0 Å². The van der Waals surface area contributed by atoms with E-state index < -0.39 is 48.9 Å². The molecule has 1 aromatic heterocycles. The van der Waals surface area contributed by atoms with E-state index in [1.807, 2.05) is 0 Å². The third kappa shape index (κ3) is 4.27. The van der Waals surface area contributed by atoms with Crippen LogP contribution in [0.2, 0.25) is 0 Å². The van der Waals surface area contributed by atoms with Crippen molar-refractivity contribution in [2.75, 3.05) is 0 Å². The lowest BCUT2D eigenvalue weighted by Crippen LogP contribution is -2.56. The molecule has 6 nitrogen and oxygen atoms in total. The number of carbonyl (C=O) groups is 1. The van der Waals surface area contributed by atoms with E-state index in [4.69, 9.17) is 0 Å². The van der Waals surface area contributed by atoms with Gasteiger partial charge in [0.05, 0.1) is 0 Å². The van der Waals surface area contributed by atoms with Crippen LogP contribution >= 0.6 is 0 Å². The number of benzene rings is 1. The normalized spacial score (nSPS) is 19.4. The topological polar surface area (TPSA) is 78.7 Å². The van der Waals surface area contributed by atoms with Gasteiger partial charge in [0.25, 0.3) is 5.72 Å². The molecule has 1 atom stereocenters. The molecule has 0 aliphatic carbocycles. The Morgan fingerprint density at radius 1 is 1.10 bits per heavy atom. The summed E-state index contributed by atoms with van der Waals surface area (Å²) >= 11 is 0.